The first-order valence-corrected chi connectivity index (χ1v) is 9.43. The van der Waals surface area contributed by atoms with Gasteiger partial charge in [0.05, 0.1) is 12.8 Å². The molecule has 26 heavy (non-hydrogen) atoms. The van der Waals surface area contributed by atoms with Crippen molar-refractivity contribution >= 4 is 53.2 Å². The van der Waals surface area contributed by atoms with Crippen LogP contribution in [0.2, 0.25) is 10.0 Å². The van der Waals surface area contributed by atoms with Crippen molar-refractivity contribution in [2.75, 3.05) is 10.6 Å². The molecule has 2 atom stereocenters. The molecule has 0 spiro atoms. The SMILES string of the molecule is CC1CCC(Nc2nc(Nc3cc(Cl)c4c(c3)COB4O)ncc2Cl)C1. The van der Waals surface area contributed by atoms with Crippen LogP contribution in [-0.2, 0) is 11.3 Å². The maximum Gasteiger partial charge on any atom is 0.493 e. The average molecular weight is 393 g/mol. The van der Waals surface area contributed by atoms with Gasteiger partial charge in [0.2, 0.25) is 5.95 Å². The molecule has 136 valence electrons. The minimum atomic E-state index is -0.970. The van der Waals surface area contributed by atoms with Crippen molar-refractivity contribution in [3.63, 3.8) is 0 Å². The van der Waals surface area contributed by atoms with E-state index < -0.39 is 7.12 Å². The quantitative estimate of drug-likeness (QED) is 0.692. The van der Waals surface area contributed by atoms with Crippen molar-refractivity contribution in [2.45, 2.75) is 38.8 Å². The summed E-state index contributed by atoms with van der Waals surface area (Å²) < 4.78 is 5.21. The standard InChI is InChI=1S/C17H19BCl2N4O2/c1-9-2-3-11(4-9)22-16-14(20)7-21-17(24-16)23-12-5-10-8-26-18(25)15(10)13(19)6-12/h5-7,9,11,25H,2-4,8H2,1H3,(H2,21,22,23,24). The molecule has 1 aliphatic carbocycles. The molecule has 0 amide bonds. The number of aromatic nitrogens is 2. The highest BCUT2D eigenvalue weighted by Crippen LogP contribution is 2.30. The summed E-state index contributed by atoms with van der Waals surface area (Å²) in [4.78, 5) is 8.75. The Morgan fingerprint density at radius 2 is 2.12 bits per heavy atom. The number of benzene rings is 1. The summed E-state index contributed by atoms with van der Waals surface area (Å²) in [5, 5.41) is 17.3. The molecule has 9 heteroatoms. The third kappa shape index (κ3) is 3.62. The average Bonchev–Trinajstić information content (AvgIpc) is 3.17. The van der Waals surface area contributed by atoms with Crippen LogP contribution in [-0.4, -0.2) is 28.2 Å². The lowest BCUT2D eigenvalue weighted by atomic mass is 9.79. The van der Waals surface area contributed by atoms with Gasteiger partial charge in [-0.3, -0.25) is 0 Å². The molecule has 3 N–H and O–H groups in total. The van der Waals surface area contributed by atoms with Gasteiger partial charge in [0.1, 0.15) is 5.02 Å². The molecule has 6 nitrogen and oxygen atoms in total. The van der Waals surface area contributed by atoms with Crippen LogP contribution in [0.3, 0.4) is 0 Å². The van der Waals surface area contributed by atoms with E-state index in [1.54, 1.807) is 12.3 Å². The summed E-state index contributed by atoms with van der Waals surface area (Å²) in [5.41, 5.74) is 2.20. The van der Waals surface area contributed by atoms with Crippen molar-refractivity contribution < 1.29 is 9.68 Å². The number of nitrogens with one attached hydrogen (secondary N) is 2. The van der Waals surface area contributed by atoms with Crippen LogP contribution in [0, 0.1) is 5.92 Å². The molecular formula is C17H19BCl2N4O2. The van der Waals surface area contributed by atoms with E-state index in [9.17, 15) is 5.02 Å². The largest absolute Gasteiger partial charge is 0.493 e. The third-order valence-electron chi connectivity index (χ3n) is 4.89. The summed E-state index contributed by atoms with van der Waals surface area (Å²) >= 11 is 12.5. The zero-order valence-corrected chi connectivity index (χ0v) is 15.8. The highest BCUT2D eigenvalue weighted by molar-refractivity contribution is 6.65. The molecule has 2 aliphatic rings. The maximum atomic E-state index is 9.79. The first-order valence-electron chi connectivity index (χ1n) is 8.67. The second kappa shape index (κ2) is 7.23. The molecule has 1 saturated carbocycles. The lowest BCUT2D eigenvalue weighted by molar-refractivity contribution is 0.275. The predicted molar refractivity (Wildman–Crippen MR) is 105 cm³/mol. The maximum absolute atomic E-state index is 9.79. The second-order valence-corrected chi connectivity index (χ2v) is 7.78. The van der Waals surface area contributed by atoms with E-state index in [1.165, 1.54) is 6.42 Å². The van der Waals surface area contributed by atoms with Crippen LogP contribution in [0.4, 0.5) is 17.5 Å². The van der Waals surface area contributed by atoms with Gasteiger partial charge in [-0.25, -0.2) is 4.98 Å². The molecule has 1 fully saturated rings. The molecular weight excluding hydrogens is 374 g/mol. The van der Waals surface area contributed by atoms with Crippen LogP contribution in [0.1, 0.15) is 31.7 Å². The molecule has 2 heterocycles. The van der Waals surface area contributed by atoms with E-state index in [0.29, 0.717) is 39.9 Å². The van der Waals surface area contributed by atoms with Crippen LogP contribution in [0.25, 0.3) is 0 Å². The fourth-order valence-electron chi connectivity index (χ4n) is 3.58. The molecule has 1 aromatic carbocycles. The number of halogens is 2. The van der Waals surface area contributed by atoms with E-state index in [-0.39, 0.29) is 0 Å². The Balaban J connectivity index is 1.54. The predicted octanol–water partition coefficient (Wildman–Crippen LogP) is 3.35. The van der Waals surface area contributed by atoms with Crippen molar-refractivity contribution in [3.05, 3.63) is 33.9 Å². The van der Waals surface area contributed by atoms with Crippen molar-refractivity contribution in [3.8, 4) is 0 Å². The van der Waals surface area contributed by atoms with E-state index in [2.05, 4.69) is 27.5 Å². The lowest BCUT2D eigenvalue weighted by Crippen LogP contribution is -2.29. The number of hydrogen-bond acceptors (Lipinski definition) is 6. The summed E-state index contributed by atoms with van der Waals surface area (Å²) in [6.45, 7) is 2.58. The van der Waals surface area contributed by atoms with E-state index >= 15 is 0 Å². The topological polar surface area (TPSA) is 79.3 Å². The summed E-state index contributed by atoms with van der Waals surface area (Å²) in [5.74, 6) is 1.78. The molecule has 1 aromatic heterocycles. The number of nitrogens with zero attached hydrogens (tertiary/aromatic N) is 2. The Labute approximate surface area is 162 Å². The van der Waals surface area contributed by atoms with Crippen LogP contribution >= 0.6 is 23.2 Å². The second-order valence-electron chi connectivity index (χ2n) is 6.97. The minimum Gasteiger partial charge on any atom is -0.423 e. The molecule has 0 saturated heterocycles. The monoisotopic (exact) mass is 392 g/mol. The normalized spacial score (nSPS) is 21.8. The molecule has 0 radical (unpaired) electrons. The summed E-state index contributed by atoms with van der Waals surface area (Å²) in [6.07, 6.45) is 5.03. The summed E-state index contributed by atoms with van der Waals surface area (Å²) in [6, 6.07) is 3.99. The van der Waals surface area contributed by atoms with Crippen LogP contribution in [0.15, 0.2) is 18.3 Å². The number of fused-ring (bicyclic) bond motifs is 1. The Kier molecular flexibility index (Phi) is 4.97. The van der Waals surface area contributed by atoms with Gasteiger partial charge in [0.25, 0.3) is 0 Å². The first-order chi connectivity index (χ1) is 12.5. The number of hydrogen-bond donors (Lipinski definition) is 3. The van der Waals surface area contributed by atoms with Crippen LogP contribution in [0.5, 0.6) is 0 Å². The smallest absolute Gasteiger partial charge is 0.423 e. The van der Waals surface area contributed by atoms with Gasteiger partial charge < -0.3 is 20.3 Å². The molecule has 2 aromatic rings. The highest BCUT2D eigenvalue weighted by Gasteiger charge is 2.30. The Morgan fingerprint density at radius 1 is 1.27 bits per heavy atom. The fourth-order valence-corrected chi connectivity index (χ4v) is 4.06. The summed E-state index contributed by atoms with van der Waals surface area (Å²) in [7, 11) is -0.970. The van der Waals surface area contributed by atoms with E-state index in [1.807, 2.05) is 6.07 Å². The molecule has 0 bridgehead atoms. The van der Waals surface area contributed by atoms with Gasteiger partial charge in [-0.2, -0.15) is 4.98 Å². The van der Waals surface area contributed by atoms with E-state index in [0.717, 1.165) is 30.0 Å². The molecule has 4 rings (SSSR count). The van der Waals surface area contributed by atoms with Crippen molar-refractivity contribution in [1.29, 1.82) is 0 Å². The zero-order chi connectivity index (χ0) is 18.3. The van der Waals surface area contributed by atoms with Gasteiger partial charge in [0, 0.05) is 22.2 Å². The van der Waals surface area contributed by atoms with Crippen molar-refractivity contribution in [2.24, 2.45) is 5.92 Å². The van der Waals surface area contributed by atoms with E-state index in [4.69, 9.17) is 27.9 Å². The first kappa shape index (κ1) is 17.9. The third-order valence-corrected chi connectivity index (χ3v) is 5.48. The fraction of sp³-hybridized carbons (Fsp3) is 0.412. The van der Waals surface area contributed by atoms with Crippen molar-refractivity contribution in [1.82, 2.24) is 9.97 Å². The Morgan fingerprint density at radius 3 is 2.88 bits per heavy atom. The van der Waals surface area contributed by atoms with Gasteiger partial charge in [-0.05, 0) is 42.9 Å². The Bertz CT molecular complexity index is 839. The number of rotatable bonds is 4. The van der Waals surface area contributed by atoms with Gasteiger partial charge in [0.15, 0.2) is 5.82 Å². The van der Waals surface area contributed by atoms with Gasteiger partial charge in [-0.1, -0.05) is 30.1 Å². The zero-order valence-electron chi connectivity index (χ0n) is 14.3. The highest BCUT2D eigenvalue weighted by atomic mass is 35.5. The van der Waals surface area contributed by atoms with Gasteiger partial charge >= 0.3 is 7.12 Å². The Hall–Kier alpha value is -1.54. The number of anilines is 3. The minimum absolute atomic E-state index is 0.319. The van der Waals surface area contributed by atoms with Gasteiger partial charge in [-0.15, -0.1) is 0 Å². The lowest BCUT2D eigenvalue weighted by Gasteiger charge is -2.15. The molecule has 1 aliphatic heterocycles. The molecule has 2 unspecified atom stereocenters. The van der Waals surface area contributed by atoms with Crippen LogP contribution < -0.4 is 16.1 Å².